The Morgan fingerprint density at radius 2 is 1.91 bits per heavy atom. The molecule has 1 aromatic carbocycles. The van der Waals surface area contributed by atoms with Gasteiger partial charge in [0.2, 0.25) is 0 Å². The summed E-state index contributed by atoms with van der Waals surface area (Å²) in [7, 11) is 0. The molecule has 1 heterocycles. The van der Waals surface area contributed by atoms with Crippen LogP contribution >= 0.6 is 11.3 Å². The first-order valence-corrected chi connectivity index (χ1v) is 7.68. The second kappa shape index (κ2) is 7.11. The third kappa shape index (κ3) is 5.65. The van der Waals surface area contributed by atoms with Crippen molar-refractivity contribution in [3.05, 3.63) is 46.5 Å². The van der Waals surface area contributed by atoms with E-state index in [2.05, 4.69) is 4.98 Å². The lowest BCUT2D eigenvalue weighted by atomic mass is 10.1. The van der Waals surface area contributed by atoms with E-state index in [0.717, 1.165) is 16.0 Å². The summed E-state index contributed by atoms with van der Waals surface area (Å²) in [6, 6.07) is 7.83. The van der Waals surface area contributed by atoms with Crippen molar-refractivity contribution in [3.63, 3.8) is 0 Å². The van der Waals surface area contributed by atoms with Gasteiger partial charge in [0.05, 0.1) is 6.54 Å². The number of nitrogens with zero attached hydrogens (tertiary/aromatic N) is 2. The Kier molecular flexibility index (Phi) is 5.42. The molecular weight excluding hydrogens is 311 g/mol. The van der Waals surface area contributed by atoms with E-state index < -0.39 is 12.7 Å². The summed E-state index contributed by atoms with van der Waals surface area (Å²) in [4.78, 5) is 6.01. The van der Waals surface area contributed by atoms with E-state index in [-0.39, 0.29) is 6.54 Å². The van der Waals surface area contributed by atoms with Gasteiger partial charge in [-0.3, -0.25) is 4.90 Å². The first-order chi connectivity index (χ1) is 10.3. The Morgan fingerprint density at radius 3 is 2.45 bits per heavy atom. The smallest absolute Gasteiger partial charge is 0.375 e. The monoisotopic (exact) mass is 329 g/mol. The second-order valence-corrected chi connectivity index (χ2v) is 6.37. The van der Waals surface area contributed by atoms with Crippen LogP contribution in [0.3, 0.4) is 0 Å². The van der Waals surface area contributed by atoms with Crippen LogP contribution in [-0.2, 0) is 13.0 Å². The van der Waals surface area contributed by atoms with Crippen molar-refractivity contribution in [3.8, 4) is 0 Å². The molecule has 0 radical (unpaired) electrons. The normalized spacial score (nSPS) is 12.0. The van der Waals surface area contributed by atoms with Crippen molar-refractivity contribution >= 4 is 16.5 Å². The number of rotatable bonds is 6. The molecule has 0 spiro atoms. The molecule has 0 aliphatic rings. The molecule has 1 aromatic heterocycles. The van der Waals surface area contributed by atoms with E-state index >= 15 is 0 Å². The Hall–Kier alpha value is -1.60. The molecule has 22 heavy (non-hydrogen) atoms. The van der Waals surface area contributed by atoms with Crippen molar-refractivity contribution in [2.75, 3.05) is 18.8 Å². The number of anilines is 1. The number of alkyl halides is 3. The molecule has 0 atom stereocenters. The van der Waals surface area contributed by atoms with E-state index in [0.29, 0.717) is 18.1 Å². The van der Waals surface area contributed by atoms with Crippen molar-refractivity contribution in [1.29, 1.82) is 0 Å². The van der Waals surface area contributed by atoms with E-state index in [4.69, 9.17) is 5.73 Å². The number of aryl methyl sites for hydroxylation is 1. The maximum absolute atomic E-state index is 12.7. The molecule has 7 heteroatoms. The highest BCUT2D eigenvalue weighted by Crippen LogP contribution is 2.21. The summed E-state index contributed by atoms with van der Waals surface area (Å²) in [5.74, 6) is 0. The topological polar surface area (TPSA) is 42.2 Å². The molecule has 0 saturated carbocycles. The van der Waals surface area contributed by atoms with Crippen LogP contribution in [0.15, 0.2) is 30.5 Å². The van der Waals surface area contributed by atoms with Crippen LogP contribution in [0, 0.1) is 6.92 Å². The van der Waals surface area contributed by atoms with Gasteiger partial charge in [0.1, 0.15) is 0 Å². The fraction of sp³-hybridized carbons (Fsp3) is 0.400. The summed E-state index contributed by atoms with van der Waals surface area (Å²) in [6.45, 7) is 1.59. The lowest BCUT2D eigenvalue weighted by Crippen LogP contribution is -2.35. The van der Waals surface area contributed by atoms with Gasteiger partial charge < -0.3 is 5.73 Å². The van der Waals surface area contributed by atoms with Gasteiger partial charge in [-0.25, -0.2) is 4.98 Å². The molecule has 0 saturated heterocycles. The maximum Gasteiger partial charge on any atom is 0.401 e. The van der Waals surface area contributed by atoms with E-state index in [1.54, 1.807) is 0 Å². The summed E-state index contributed by atoms with van der Waals surface area (Å²) in [6.07, 6.45) is -2.11. The van der Waals surface area contributed by atoms with Gasteiger partial charge in [-0.2, -0.15) is 13.2 Å². The molecule has 0 fully saturated rings. The van der Waals surface area contributed by atoms with Crippen LogP contribution in [-0.4, -0.2) is 29.1 Å². The summed E-state index contributed by atoms with van der Waals surface area (Å²) in [5.41, 5.74) is 7.69. The lowest BCUT2D eigenvalue weighted by Gasteiger charge is -2.23. The standard InChI is InChI=1S/C15H18F3N3S/c1-11-2-4-12(5-3-11)6-7-21(10-15(16,17)18)9-13-8-20-14(19)22-13/h2-5,8H,6-7,9-10H2,1H3,(H2,19,20). The molecule has 0 amide bonds. The van der Waals surface area contributed by atoms with Gasteiger partial charge in [-0.15, -0.1) is 11.3 Å². The van der Waals surface area contributed by atoms with Crippen molar-refractivity contribution in [2.24, 2.45) is 0 Å². The number of halogens is 3. The van der Waals surface area contributed by atoms with Crippen LogP contribution < -0.4 is 5.73 Å². The highest BCUT2D eigenvalue weighted by atomic mass is 32.1. The summed E-state index contributed by atoms with van der Waals surface area (Å²) >= 11 is 1.22. The number of thiazole rings is 1. The van der Waals surface area contributed by atoms with Crippen LogP contribution in [0.4, 0.5) is 18.3 Å². The minimum Gasteiger partial charge on any atom is -0.375 e. The average Bonchev–Trinajstić information content (AvgIpc) is 2.81. The molecule has 0 unspecified atom stereocenters. The average molecular weight is 329 g/mol. The van der Waals surface area contributed by atoms with Crippen LogP contribution in [0.25, 0.3) is 0 Å². The SMILES string of the molecule is Cc1ccc(CCN(Cc2cnc(N)s2)CC(F)(F)F)cc1. The van der Waals surface area contributed by atoms with Gasteiger partial charge in [-0.1, -0.05) is 29.8 Å². The van der Waals surface area contributed by atoms with E-state index in [1.807, 2.05) is 31.2 Å². The highest BCUT2D eigenvalue weighted by Gasteiger charge is 2.30. The first-order valence-electron chi connectivity index (χ1n) is 6.87. The van der Waals surface area contributed by atoms with Crippen molar-refractivity contribution in [1.82, 2.24) is 9.88 Å². The largest absolute Gasteiger partial charge is 0.401 e. The Morgan fingerprint density at radius 1 is 1.23 bits per heavy atom. The minimum absolute atomic E-state index is 0.209. The summed E-state index contributed by atoms with van der Waals surface area (Å²) < 4.78 is 38.1. The van der Waals surface area contributed by atoms with Gasteiger partial charge in [-0.05, 0) is 18.9 Å². The number of aromatic nitrogens is 1. The molecule has 2 aromatic rings. The Labute approximate surface area is 131 Å². The van der Waals surface area contributed by atoms with Crippen LogP contribution in [0.5, 0.6) is 0 Å². The number of hydrogen-bond acceptors (Lipinski definition) is 4. The van der Waals surface area contributed by atoms with Crippen LogP contribution in [0.1, 0.15) is 16.0 Å². The number of nitrogen functional groups attached to an aromatic ring is 1. The molecular formula is C15H18F3N3S. The summed E-state index contributed by atoms with van der Waals surface area (Å²) in [5, 5.41) is 0.375. The molecule has 3 nitrogen and oxygen atoms in total. The first kappa shape index (κ1) is 16.8. The zero-order chi connectivity index (χ0) is 16.2. The highest BCUT2D eigenvalue weighted by molar-refractivity contribution is 7.15. The number of hydrogen-bond donors (Lipinski definition) is 1. The molecule has 0 aliphatic carbocycles. The third-order valence-electron chi connectivity index (χ3n) is 3.19. The third-order valence-corrected chi connectivity index (χ3v) is 4.00. The van der Waals surface area contributed by atoms with Gasteiger partial charge in [0.25, 0.3) is 0 Å². The predicted octanol–water partition coefficient (Wildman–Crippen LogP) is 3.64. The predicted molar refractivity (Wildman–Crippen MR) is 82.7 cm³/mol. The molecule has 0 bridgehead atoms. The fourth-order valence-electron chi connectivity index (χ4n) is 2.13. The van der Waals surface area contributed by atoms with Gasteiger partial charge >= 0.3 is 6.18 Å². The van der Waals surface area contributed by atoms with Crippen LogP contribution in [0.2, 0.25) is 0 Å². The fourth-order valence-corrected chi connectivity index (χ4v) is 2.85. The second-order valence-electron chi connectivity index (χ2n) is 5.23. The van der Waals surface area contributed by atoms with Crippen molar-refractivity contribution in [2.45, 2.75) is 26.1 Å². The molecule has 0 aliphatic heterocycles. The Bertz CT molecular complexity index is 593. The van der Waals surface area contributed by atoms with Crippen molar-refractivity contribution < 1.29 is 13.2 Å². The molecule has 2 N–H and O–H groups in total. The zero-order valence-electron chi connectivity index (χ0n) is 12.2. The lowest BCUT2D eigenvalue weighted by molar-refractivity contribution is -0.147. The number of nitrogens with two attached hydrogens (primary N) is 1. The van der Waals surface area contributed by atoms with E-state index in [1.165, 1.54) is 22.4 Å². The maximum atomic E-state index is 12.7. The molecule has 2 rings (SSSR count). The Balaban J connectivity index is 1.99. The van der Waals surface area contributed by atoms with E-state index in [9.17, 15) is 13.2 Å². The number of benzene rings is 1. The zero-order valence-corrected chi connectivity index (χ0v) is 13.0. The van der Waals surface area contributed by atoms with Gasteiger partial charge in [0, 0.05) is 24.2 Å². The molecule has 120 valence electrons. The van der Waals surface area contributed by atoms with Gasteiger partial charge in [0.15, 0.2) is 5.13 Å². The minimum atomic E-state index is -4.22. The quantitative estimate of drug-likeness (QED) is 0.880.